The zero-order valence-electron chi connectivity index (χ0n) is 10.8. The highest BCUT2D eigenvalue weighted by Crippen LogP contribution is 2.27. The summed E-state index contributed by atoms with van der Waals surface area (Å²) in [6.45, 7) is 7.29. The molecule has 0 unspecified atom stereocenters. The van der Waals surface area contributed by atoms with Crippen molar-refractivity contribution in [2.24, 2.45) is 0 Å². The first-order valence-electron chi connectivity index (χ1n) is 5.56. The SMILES string of the molecule is CNCC(C)(C)Nc1cc(C)ccc1OC. The van der Waals surface area contributed by atoms with Crippen LogP contribution in [0.2, 0.25) is 0 Å². The number of ether oxygens (including phenoxy) is 1. The molecule has 1 rings (SSSR count). The summed E-state index contributed by atoms with van der Waals surface area (Å²) in [6, 6.07) is 6.15. The Morgan fingerprint density at radius 3 is 2.56 bits per heavy atom. The van der Waals surface area contributed by atoms with Gasteiger partial charge in [-0.2, -0.15) is 0 Å². The van der Waals surface area contributed by atoms with Crippen molar-refractivity contribution in [2.75, 3.05) is 26.0 Å². The van der Waals surface area contributed by atoms with Crippen LogP contribution in [-0.4, -0.2) is 26.2 Å². The fraction of sp³-hybridized carbons (Fsp3) is 0.538. The number of rotatable bonds is 5. The van der Waals surface area contributed by atoms with Crippen LogP contribution < -0.4 is 15.4 Å². The summed E-state index contributed by atoms with van der Waals surface area (Å²) < 4.78 is 5.34. The van der Waals surface area contributed by atoms with E-state index >= 15 is 0 Å². The third kappa shape index (κ3) is 3.42. The van der Waals surface area contributed by atoms with Gasteiger partial charge in [0.2, 0.25) is 0 Å². The lowest BCUT2D eigenvalue weighted by atomic mass is 10.0. The second-order valence-electron chi connectivity index (χ2n) is 4.74. The zero-order valence-corrected chi connectivity index (χ0v) is 10.8. The number of nitrogens with one attached hydrogen (secondary N) is 2. The number of likely N-dealkylation sites (N-methyl/N-ethyl adjacent to an activating group) is 1. The van der Waals surface area contributed by atoms with E-state index in [1.54, 1.807) is 7.11 Å². The molecule has 0 spiro atoms. The first-order chi connectivity index (χ1) is 7.48. The second-order valence-corrected chi connectivity index (χ2v) is 4.74. The maximum Gasteiger partial charge on any atom is 0.141 e. The molecule has 90 valence electrons. The van der Waals surface area contributed by atoms with E-state index in [9.17, 15) is 0 Å². The molecule has 0 radical (unpaired) electrons. The molecular weight excluding hydrogens is 200 g/mol. The zero-order chi connectivity index (χ0) is 12.2. The monoisotopic (exact) mass is 222 g/mol. The summed E-state index contributed by atoms with van der Waals surface area (Å²) in [6.07, 6.45) is 0. The average molecular weight is 222 g/mol. The minimum Gasteiger partial charge on any atom is -0.495 e. The van der Waals surface area contributed by atoms with E-state index in [2.05, 4.69) is 43.5 Å². The van der Waals surface area contributed by atoms with Gasteiger partial charge in [-0.05, 0) is 45.5 Å². The molecule has 0 aliphatic rings. The molecule has 0 heterocycles. The van der Waals surface area contributed by atoms with Crippen molar-refractivity contribution in [1.82, 2.24) is 5.32 Å². The molecule has 0 bridgehead atoms. The summed E-state index contributed by atoms with van der Waals surface area (Å²) in [7, 11) is 3.65. The number of hydrogen-bond acceptors (Lipinski definition) is 3. The summed E-state index contributed by atoms with van der Waals surface area (Å²) in [5, 5.41) is 6.67. The van der Waals surface area contributed by atoms with Gasteiger partial charge in [-0.1, -0.05) is 6.07 Å². The summed E-state index contributed by atoms with van der Waals surface area (Å²) in [5.41, 5.74) is 2.27. The van der Waals surface area contributed by atoms with Crippen LogP contribution >= 0.6 is 0 Å². The number of anilines is 1. The minimum atomic E-state index is -0.00414. The highest BCUT2D eigenvalue weighted by atomic mass is 16.5. The van der Waals surface area contributed by atoms with Gasteiger partial charge in [0.15, 0.2) is 0 Å². The molecular formula is C13H22N2O. The van der Waals surface area contributed by atoms with Crippen LogP contribution in [0.3, 0.4) is 0 Å². The van der Waals surface area contributed by atoms with Crippen molar-refractivity contribution in [3.05, 3.63) is 23.8 Å². The predicted octanol–water partition coefficient (Wildman–Crippen LogP) is 2.41. The quantitative estimate of drug-likeness (QED) is 0.802. The van der Waals surface area contributed by atoms with E-state index in [0.29, 0.717) is 0 Å². The Labute approximate surface area is 98.2 Å². The Balaban J connectivity index is 2.90. The van der Waals surface area contributed by atoms with Gasteiger partial charge in [-0.25, -0.2) is 0 Å². The third-order valence-corrected chi connectivity index (χ3v) is 2.45. The van der Waals surface area contributed by atoms with Gasteiger partial charge >= 0.3 is 0 Å². The molecule has 1 aromatic carbocycles. The molecule has 0 aliphatic carbocycles. The topological polar surface area (TPSA) is 33.3 Å². The van der Waals surface area contributed by atoms with Gasteiger partial charge in [0.05, 0.1) is 12.8 Å². The van der Waals surface area contributed by atoms with E-state index in [0.717, 1.165) is 18.0 Å². The van der Waals surface area contributed by atoms with Crippen LogP contribution in [-0.2, 0) is 0 Å². The molecule has 3 nitrogen and oxygen atoms in total. The maximum absolute atomic E-state index is 5.34. The Morgan fingerprint density at radius 1 is 1.31 bits per heavy atom. The van der Waals surface area contributed by atoms with E-state index in [1.807, 2.05) is 13.1 Å². The van der Waals surface area contributed by atoms with Gasteiger partial charge in [-0.15, -0.1) is 0 Å². The molecule has 0 aromatic heterocycles. The van der Waals surface area contributed by atoms with Gasteiger partial charge in [-0.3, -0.25) is 0 Å². The van der Waals surface area contributed by atoms with Crippen LogP contribution in [0.4, 0.5) is 5.69 Å². The van der Waals surface area contributed by atoms with Crippen LogP contribution in [0.25, 0.3) is 0 Å². The average Bonchev–Trinajstić information content (AvgIpc) is 2.17. The highest BCUT2D eigenvalue weighted by molar-refractivity contribution is 5.59. The van der Waals surface area contributed by atoms with Crippen LogP contribution in [0.5, 0.6) is 5.75 Å². The van der Waals surface area contributed by atoms with Crippen LogP contribution in [0, 0.1) is 6.92 Å². The molecule has 16 heavy (non-hydrogen) atoms. The van der Waals surface area contributed by atoms with Crippen LogP contribution in [0.15, 0.2) is 18.2 Å². The summed E-state index contributed by atoms with van der Waals surface area (Å²) >= 11 is 0. The van der Waals surface area contributed by atoms with Gasteiger partial charge in [0.25, 0.3) is 0 Å². The van der Waals surface area contributed by atoms with E-state index in [4.69, 9.17) is 4.74 Å². The largest absolute Gasteiger partial charge is 0.495 e. The highest BCUT2D eigenvalue weighted by Gasteiger charge is 2.17. The third-order valence-electron chi connectivity index (χ3n) is 2.45. The smallest absolute Gasteiger partial charge is 0.141 e. The van der Waals surface area contributed by atoms with Crippen molar-refractivity contribution < 1.29 is 4.74 Å². The molecule has 3 heteroatoms. The molecule has 0 aliphatic heterocycles. The molecule has 2 N–H and O–H groups in total. The first-order valence-corrected chi connectivity index (χ1v) is 5.56. The van der Waals surface area contributed by atoms with Gasteiger partial charge in [0, 0.05) is 12.1 Å². The fourth-order valence-electron chi connectivity index (χ4n) is 1.77. The standard InChI is InChI=1S/C13H22N2O/c1-10-6-7-12(16-5)11(8-10)15-13(2,3)9-14-4/h6-8,14-15H,9H2,1-5H3. The molecule has 0 saturated heterocycles. The molecule has 0 atom stereocenters. The lowest BCUT2D eigenvalue weighted by molar-refractivity contribution is 0.414. The molecule has 1 aromatic rings. The van der Waals surface area contributed by atoms with Crippen molar-refractivity contribution in [1.29, 1.82) is 0 Å². The Morgan fingerprint density at radius 2 is 2.00 bits per heavy atom. The van der Waals surface area contributed by atoms with E-state index in [1.165, 1.54) is 5.56 Å². The van der Waals surface area contributed by atoms with Crippen LogP contribution in [0.1, 0.15) is 19.4 Å². The predicted molar refractivity (Wildman–Crippen MR) is 69.4 cm³/mol. The minimum absolute atomic E-state index is 0.00414. The number of benzene rings is 1. The van der Waals surface area contributed by atoms with Crippen molar-refractivity contribution in [3.63, 3.8) is 0 Å². The normalized spacial score (nSPS) is 11.3. The lowest BCUT2D eigenvalue weighted by Gasteiger charge is -2.28. The maximum atomic E-state index is 5.34. The summed E-state index contributed by atoms with van der Waals surface area (Å²) in [4.78, 5) is 0. The second kappa shape index (κ2) is 5.21. The fourth-order valence-corrected chi connectivity index (χ4v) is 1.77. The Bertz CT molecular complexity index is 348. The van der Waals surface area contributed by atoms with E-state index < -0.39 is 0 Å². The Hall–Kier alpha value is -1.22. The van der Waals surface area contributed by atoms with Crippen molar-refractivity contribution in [2.45, 2.75) is 26.3 Å². The number of hydrogen-bond donors (Lipinski definition) is 2. The number of methoxy groups -OCH3 is 1. The van der Waals surface area contributed by atoms with E-state index in [-0.39, 0.29) is 5.54 Å². The molecule has 0 saturated carbocycles. The lowest BCUT2D eigenvalue weighted by Crippen LogP contribution is -2.40. The Kier molecular flexibility index (Phi) is 4.19. The van der Waals surface area contributed by atoms with Crippen molar-refractivity contribution in [3.8, 4) is 5.75 Å². The van der Waals surface area contributed by atoms with Gasteiger partial charge < -0.3 is 15.4 Å². The first kappa shape index (κ1) is 12.8. The summed E-state index contributed by atoms with van der Waals surface area (Å²) in [5.74, 6) is 0.884. The molecule has 0 fully saturated rings. The molecule has 0 amide bonds. The number of aryl methyl sites for hydroxylation is 1. The van der Waals surface area contributed by atoms with Crippen molar-refractivity contribution >= 4 is 5.69 Å². The van der Waals surface area contributed by atoms with Gasteiger partial charge in [0.1, 0.15) is 5.75 Å².